The predicted octanol–water partition coefficient (Wildman–Crippen LogP) is -2.20. The summed E-state index contributed by atoms with van der Waals surface area (Å²) >= 11 is 0. The molecule has 0 aliphatic rings. The van der Waals surface area contributed by atoms with E-state index in [9.17, 15) is 8.78 Å². The molecule has 0 fully saturated rings. The van der Waals surface area contributed by atoms with Crippen molar-refractivity contribution in [2.45, 2.75) is 0 Å². The Balaban J connectivity index is 0.000000200. The summed E-state index contributed by atoms with van der Waals surface area (Å²) in [6, 6.07) is 5.01. The molecule has 0 aliphatic heterocycles. The minimum absolute atomic E-state index is 0.182. The second-order valence-corrected chi connectivity index (χ2v) is 3.55. The fraction of sp³-hybridized carbons (Fsp3) is 0. The Morgan fingerprint density at radius 2 is 1.60 bits per heavy atom. The van der Waals surface area contributed by atoms with Gasteiger partial charge >= 0.3 is 14.2 Å². The van der Waals surface area contributed by atoms with Gasteiger partial charge in [0.25, 0.3) is 0 Å². The molecule has 0 saturated carbocycles. The van der Waals surface area contributed by atoms with Gasteiger partial charge in [-0.3, -0.25) is 0 Å². The van der Waals surface area contributed by atoms with Gasteiger partial charge in [-0.25, -0.2) is 9.97 Å². The minimum Gasteiger partial charge on any atom is -0.423 e. The number of pyridine rings is 2. The predicted molar refractivity (Wildman–Crippen MR) is 68.0 cm³/mol. The van der Waals surface area contributed by atoms with Gasteiger partial charge in [0.15, 0.2) is 0 Å². The van der Waals surface area contributed by atoms with Crippen molar-refractivity contribution in [2.75, 3.05) is 0 Å². The van der Waals surface area contributed by atoms with Crippen molar-refractivity contribution in [3.63, 3.8) is 0 Å². The van der Waals surface area contributed by atoms with Gasteiger partial charge < -0.3 is 20.1 Å². The molecule has 10 heteroatoms. The maximum Gasteiger partial charge on any atom is 0.493 e. The van der Waals surface area contributed by atoms with E-state index in [0.717, 1.165) is 12.3 Å². The molecule has 0 saturated heterocycles. The van der Waals surface area contributed by atoms with Crippen LogP contribution in [0.25, 0.3) is 0 Å². The first kappa shape index (κ1) is 16.2. The second kappa shape index (κ2) is 7.65. The third kappa shape index (κ3) is 5.02. The lowest BCUT2D eigenvalue weighted by atomic mass is 9.81. The van der Waals surface area contributed by atoms with Crippen LogP contribution in [0.5, 0.6) is 0 Å². The largest absolute Gasteiger partial charge is 0.493 e. The lowest BCUT2D eigenvalue weighted by Crippen LogP contribution is -2.33. The zero-order chi connectivity index (χ0) is 15.1. The molecule has 0 bridgehead atoms. The minimum atomic E-state index is -1.78. The molecule has 0 unspecified atom stereocenters. The highest BCUT2D eigenvalue weighted by Crippen LogP contribution is 1.87. The van der Waals surface area contributed by atoms with Crippen molar-refractivity contribution in [1.82, 2.24) is 9.97 Å². The first-order valence-corrected chi connectivity index (χ1v) is 5.36. The van der Waals surface area contributed by atoms with Crippen LogP contribution in [0.1, 0.15) is 0 Å². The first-order chi connectivity index (χ1) is 9.41. The third-order valence-electron chi connectivity index (χ3n) is 2.11. The van der Waals surface area contributed by atoms with Gasteiger partial charge in [-0.05, 0) is 12.1 Å². The number of halogens is 2. The van der Waals surface area contributed by atoms with Crippen molar-refractivity contribution >= 4 is 25.2 Å². The summed E-state index contributed by atoms with van der Waals surface area (Å²) in [5.74, 6) is -1.48. The van der Waals surface area contributed by atoms with Crippen LogP contribution in [0.3, 0.4) is 0 Å². The molecular weight excluding hydrogens is 272 g/mol. The van der Waals surface area contributed by atoms with Gasteiger partial charge in [0.2, 0.25) is 11.9 Å². The molecule has 0 radical (unpaired) electrons. The van der Waals surface area contributed by atoms with E-state index in [1.165, 1.54) is 24.4 Å². The van der Waals surface area contributed by atoms with Crippen molar-refractivity contribution in [3.8, 4) is 0 Å². The van der Waals surface area contributed by atoms with Crippen molar-refractivity contribution < 1.29 is 28.9 Å². The number of nitrogens with zero attached hydrogens (tertiary/aromatic N) is 2. The Hall–Kier alpha value is -1.87. The molecule has 2 rings (SSSR count). The fourth-order valence-corrected chi connectivity index (χ4v) is 1.13. The Kier molecular flexibility index (Phi) is 6.19. The summed E-state index contributed by atoms with van der Waals surface area (Å²) in [6.45, 7) is 0. The molecule has 4 N–H and O–H groups in total. The molecule has 2 aromatic rings. The Bertz CT molecular complexity index is 543. The molecule has 6 nitrogen and oxygen atoms in total. The number of hydrogen-bond acceptors (Lipinski definition) is 6. The first-order valence-electron chi connectivity index (χ1n) is 5.36. The maximum absolute atomic E-state index is 12.4. The van der Waals surface area contributed by atoms with Gasteiger partial charge in [-0.15, -0.1) is 0 Å². The van der Waals surface area contributed by atoms with E-state index in [1.54, 1.807) is 0 Å². The van der Waals surface area contributed by atoms with Gasteiger partial charge in [0.1, 0.15) is 0 Å². The van der Waals surface area contributed by atoms with E-state index in [-0.39, 0.29) is 10.9 Å². The highest BCUT2D eigenvalue weighted by Gasteiger charge is 2.15. The van der Waals surface area contributed by atoms with E-state index in [0.29, 0.717) is 0 Å². The molecule has 0 aliphatic carbocycles. The van der Waals surface area contributed by atoms with E-state index >= 15 is 0 Å². The summed E-state index contributed by atoms with van der Waals surface area (Å²) < 4.78 is 24.5. The van der Waals surface area contributed by atoms with Crippen molar-refractivity contribution in [2.24, 2.45) is 0 Å². The Morgan fingerprint density at radius 1 is 0.900 bits per heavy atom. The van der Waals surface area contributed by atoms with E-state index < -0.39 is 26.1 Å². The summed E-state index contributed by atoms with van der Waals surface area (Å²) in [6.07, 6.45) is 2.31. The fourth-order valence-electron chi connectivity index (χ4n) is 1.13. The van der Waals surface area contributed by atoms with Crippen LogP contribution < -0.4 is 10.9 Å². The van der Waals surface area contributed by atoms with Crippen LogP contribution in [-0.2, 0) is 0 Å². The van der Waals surface area contributed by atoms with Crippen molar-refractivity contribution in [1.29, 1.82) is 0 Å². The monoisotopic (exact) mass is 282 g/mol. The summed E-state index contributed by atoms with van der Waals surface area (Å²) in [7, 11) is -3.36. The molecule has 104 valence electrons. The maximum atomic E-state index is 12.4. The molecule has 0 spiro atoms. The molecule has 2 aromatic heterocycles. The van der Waals surface area contributed by atoms with Gasteiger partial charge in [0, 0.05) is 23.3 Å². The topological polar surface area (TPSA) is 107 Å². The van der Waals surface area contributed by atoms with Gasteiger partial charge in [-0.1, -0.05) is 12.1 Å². The Morgan fingerprint density at radius 3 is 2.00 bits per heavy atom. The zero-order valence-corrected chi connectivity index (χ0v) is 10.1. The normalized spacial score (nSPS) is 9.50. The van der Waals surface area contributed by atoms with Gasteiger partial charge in [-0.2, -0.15) is 8.78 Å². The summed E-state index contributed by atoms with van der Waals surface area (Å²) in [5, 5.41) is 34.0. The molecular formula is C10H10B2F2N2O4. The average molecular weight is 282 g/mol. The Labute approximate surface area is 113 Å². The molecule has 0 atom stereocenters. The molecule has 2 heterocycles. The summed E-state index contributed by atoms with van der Waals surface area (Å²) in [5.41, 5.74) is -0.0242. The molecule has 20 heavy (non-hydrogen) atoms. The van der Waals surface area contributed by atoms with Crippen LogP contribution in [0, 0.1) is 11.9 Å². The quantitative estimate of drug-likeness (QED) is 0.368. The van der Waals surface area contributed by atoms with E-state index in [1.807, 2.05) is 0 Å². The number of aromatic nitrogens is 2. The number of rotatable bonds is 2. The zero-order valence-electron chi connectivity index (χ0n) is 10.1. The average Bonchev–Trinajstić information content (AvgIpc) is 2.40. The third-order valence-corrected chi connectivity index (χ3v) is 2.11. The lowest BCUT2D eigenvalue weighted by molar-refractivity contribution is 0.421. The highest BCUT2D eigenvalue weighted by atomic mass is 19.1. The van der Waals surface area contributed by atoms with Crippen LogP contribution >= 0.6 is 0 Å². The van der Waals surface area contributed by atoms with E-state index in [2.05, 4.69) is 9.97 Å². The summed E-state index contributed by atoms with van der Waals surface area (Å²) in [4.78, 5) is 6.43. The van der Waals surface area contributed by atoms with Crippen molar-refractivity contribution in [3.05, 3.63) is 48.6 Å². The van der Waals surface area contributed by atoms with Crippen LogP contribution in [-0.4, -0.2) is 44.3 Å². The standard InChI is InChI=1S/2C5H5BFNO2/c7-5-2-1-4(3-8-5)6(9)10;7-5-4(6(9)10)2-1-3-8-5/h2*1-3,9-10H. The second-order valence-electron chi connectivity index (χ2n) is 3.55. The van der Waals surface area contributed by atoms with Crippen LogP contribution in [0.4, 0.5) is 8.78 Å². The lowest BCUT2D eigenvalue weighted by Gasteiger charge is -1.97. The smallest absolute Gasteiger partial charge is 0.423 e. The van der Waals surface area contributed by atoms with Gasteiger partial charge in [0.05, 0.1) is 0 Å². The highest BCUT2D eigenvalue weighted by molar-refractivity contribution is 6.58. The van der Waals surface area contributed by atoms with E-state index in [4.69, 9.17) is 20.1 Å². The molecule has 0 aromatic carbocycles. The number of hydrogen-bond donors (Lipinski definition) is 4. The van der Waals surface area contributed by atoms with Crippen LogP contribution in [0.15, 0.2) is 36.7 Å². The molecule has 0 amide bonds. The van der Waals surface area contributed by atoms with Crippen LogP contribution in [0.2, 0.25) is 0 Å². The SMILES string of the molecule is OB(O)c1ccc(F)nc1.OB(O)c1cccnc1F.